The van der Waals surface area contributed by atoms with E-state index in [2.05, 4.69) is 6.92 Å². The number of likely N-dealkylation sites (tertiary alicyclic amines) is 1. The van der Waals surface area contributed by atoms with Crippen LogP contribution in [0.4, 0.5) is 11.4 Å². The number of rotatable bonds is 5. The summed E-state index contributed by atoms with van der Waals surface area (Å²) in [6, 6.07) is 12.5. The first-order valence-electron chi connectivity index (χ1n) is 10.2. The smallest absolute Gasteiger partial charge is 0.282 e. The molecule has 4 rings (SSSR count). The lowest BCUT2D eigenvalue weighted by molar-refractivity contribution is -0.384. The maximum atomic E-state index is 13.5. The normalized spacial score (nSPS) is 19.2. The molecular formula is C23H23N3O5. The number of amides is 2. The quantitative estimate of drug-likeness (QED) is 0.416. The molecule has 0 radical (unpaired) electrons. The molecule has 1 saturated heterocycles. The highest BCUT2D eigenvalue weighted by Crippen LogP contribution is 2.37. The van der Waals surface area contributed by atoms with Gasteiger partial charge in [-0.1, -0.05) is 6.92 Å². The number of nitro groups is 1. The van der Waals surface area contributed by atoms with Crippen LogP contribution < -0.4 is 9.64 Å². The molecule has 0 saturated carbocycles. The van der Waals surface area contributed by atoms with Crippen molar-refractivity contribution >= 4 is 28.8 Å². The standard InChI is InChI=1S/C23H23N3O5/c1-15-4-3-13-24(14-15)21-20(16-5-7-18(8-6-16)26(29)30)22(27)25(23(21)28)17-9-11-19(31-2)12-10-17/h5-12,15H,3-4,13-14H2,1-2H3. The number of methoxy groups -OCH3 is 1. The summed E-state index contributed by atoms with van der Waals surface area (Å²) >= 11 is 0. The molecule has 1 fully saturated rings. The Labute approximate surface area is 179 Å². The van der Waals surface area contributed by atoms with Crippen molar-refractivity contribution in [1.29, 1.82) is 0 Å². The van der Waals surface area contributed by atoms with E-state index < -0.39 is 10.8 Å². The summed E-state index contributed by atoms with van der Waals surface area (Å²) in [7, 11) is 1.55. The van der Waals surface area contributed by atoms with Gasteiger partial charge in [0.25, 0.3) is 17.5 Å². The number of anilines is 1. The first-order chi connectivity index (χ1) is 14.9. The van der Waals surface area contributed by atoms with Gasteiger partial charge in [-0.25, -0.2) is 4.90 Å². The zero-order valence-electron chi connectivity index (χ0n) is 17.4. The van der Waals surface area contributed by atoms with Gasteiger partial charge in [0, 0.05) is 25.2 Å². The fourth-order valence-corrected chi connectivity index (χ4v) is 4.18. The van der Waals surface area contributed by atoms with Crippen LogP contribution in [0.25, 0.3) is 5.57 Å². The summed E-state index contributed by atoms with van der Waals surface area (Å²) in [5, 5.41) is 11.0. The maximum Gasteiger partial charge on any atom is 0.282 e. The molecule has 1 atom stereocenters. The number of hydrogen-bond donors (Lipinski definition) is 0. The van der Waals surface area contributed by atoms with Crippen LogP contribution in [0.5, 0.6) is 5.75 Å². The molecule has 2 amide bonds. The number of piperidine rings is 1. The lowest BCUT2D eigenvalue weighted by Gasteiger charge is -2.33. The first kappa shape index (κ1) is 20.6. The van der Waals surface area contributed by atoms with Crippen molar-refractivity contribution in [3.63, 3.8) is 0 Å². The summed E-state index contributed by atoms with van der Waals surface area (Å²) in [6.07, 6.45) is 2.00. The number of benzene rings is 2. The highest BCUT2D eigenvalue weighted by molar-refractivity contribution is 6.45. The predicted octanol–water partition coefficient (Wildman–Crippen LogP) is 3.62. The molecule has 8 heteroatoms. The van der Waals surface area contributed by atoms with Crippen molar-refractivity contribution in [2.24, 2.45) is 5.92 Å². The van der Waals surface area contributed by atoms with E-state index in [9.17, 15) is 19.7 Å². The van der Waals surface area contributed by atoms with Gasteiger partial charge >= 0.3 is 0 Å². The van der Waals surface area contributed by atoms with E-state index in [0.29, 0.717) is 41.7 Å². The largest absolute Gasteiger partial charge is 0.497 e. The number of nitro benzene ring substituents is 1. The third-order valence-electron chi connectivity index (χ3n) is 5.73. The third-order valence-corrected chi connectivity index (χ3v) is 5.73. The van der Waals surface area contributed by atoms with Crippen LogP contribution in [0.2, 0.25) is 0 Å². The molecule has 0 aromatic heterocycles. The lowest BCUT2D eigenvalue weighted by atomic mass is 9.97. The minimum absolute atomic E-state index is 0.0683. The van der Waals surface area contributed by atoms with E-state index in [1.165, 1.54) is 29.2 Å². The summed E-state index contributed by atoms with van der Waals surface area (Å²) in [5.41, 5.74) is 1.52. The Bertz CT molecular complexity index is 1060. The molecule has 2 aromatic carbocycles. The summed E-state index contributed by atoms with van der Waals surface area (Å²) in [5.74, 6) is 0.212. The van der Waals surface area contributed by atoms with Gasteiger partial charge in [0.05, 0.1) is 23.3 Å². The van der Waals surface area contributed by atoms with Crippen LogP contribution in [0.15, 0.2) is 54.2 Å². The van der Waals surface area contributed by atoms with Crippen LogP contribution in [0, 0.1) is 16.0 Å². The molecule has 2 aromatic rings. The van der Waals surface area contributed by atoms with E-state index in [-0.39, 0.29) is 17.2 Å². The highest BCUT2D eigenvalue weighted by Gasteiger charge is 2.43. The molecule has 0 spiro atoms. The summed E-state index contributed by atoms with van der Waals surface area (Å²) < 4.78 is 5.17. The highest BCUT2D eigenvalue weighted by atomic mass is 16.6. The molecule has 0 N–H and O–H groups in total. The molecule has 2 heterocycles. The molecule has 160 valence electrons. The monoisotopic (exact) mass is 421 g/mol. The Hall–Kier alpha value is -3.68. The molecule has 0 aliphatic carbocycles. The van der Waals surface area contributed by atoms with Crippen molar-refractivity contribution in [3.8, 4) is 5.75 Å². The van der Waals surface area contributed by atoms with Crippen molar-refractivity contribution in [2.75, 3.05) is 25.1 Å². The molecule has 2 aliphatic heterocycles. The fraction of sp³-hybridized carbons (Fsp3) is 0.304. The Morgan fingerprint density at radius 1 is 1.03 bits per heavy atom. The predicted molar refractivity (Wildman–Crippen MR) is 115 cm³/mol. The number of ether oxygens (including phenoxy) is 1. The molecule has 1 unspecified atom stereocenters. The number of hydrogen-bond acceptors (Lipinski definition) is 6. The number of carbonyl (C=O) groups excluding carboxylic acids is 2. The maximum absolute atomic E-state index is 13.5. The van der Waals surface area contributed by atoms with Crippen LogP contribution in [0.3, 0.4) is 0 Å². The minimum Gasteiger partial charge on any atom is -0.497 e. The average molecular weight is 421 g/mol. The summed E-state index contributed by atoms with van der Waals surface area (Å²) in [6.45, 7) is 3.49. The molecular weight excluding hydrogens is 398 g/mol. The Kier molecular flexibility index (Phi) is 5.46. The van der Waals surface area contributed by atoms with Gasteiger partial charge in [-0.15, -0.1) is 0 Å². The van der Waals surface area contributed by atoms with Crippen LogP contribution in [-0.2, 0) is 9.59 Å². The second-order valence-corrected chi connectivity index (χ2v) is 7.86. The number of carbonyl (C=O) groups is 2. The topological polar surface area (TPSA) is 93.0 Å². The van der Waals surface area contributed by atoms with Crippen molar-refractivity contribution in [1.82, 2.24) is 4.90 Å². The molecule has 8 nitrogen and oxygen atoms in total. The van der Waals surface area contributed by atoms with Crippen LogP contribution in [0.1, 0.15) is 25.3 Å². The lowest BCUT2D eigenvalue weighted by Crippen LogP contribution is -2.39. The number of non-ortho nitro benzene ring substituents is 1. The number of imide groups is 1. The van der Waals surface area contributed by atoms with Gasteiger partial charge in [0.2, 0.25) is 0 Å². The first-order valence-corrected chi connectivity index (χ1v) is 10.2. The Morgan fingerprint density at radius 2 is 1.71 bits per heavy atom. The van der Waals surface area contributed by atoms with Gasteiger partial charge in [0.1, 0.15) is 11.4 Å². The van der Waals surface area contributed by atoms with Gasteiger partial charge in [-0.3, -0.25) is 19.7 Å². The third kappa shape index (κ3) is 3.76. The van der Waals surface area contributed by atoms with E-state index in [0.717, 1.165) is 12.8 Å². The Morgan fingerprint density at radius 3 is 2.29 bits per heavy atom. The van der Waals surface area contributed by atoms with Crippen molar-refractivity contribution < 1.29 is 19.2 Å². The zero-order valence-corrected chi connectivity index (χ0v) is 17.4. The molecule has 2 aliphatic rings. The van der Waals surface area contributed by atoms with Crippen LogP contribution in [-0.4, -0.2) is 41.8 Å². The van der Waals surface area contributed by atoms with Gasteiger partial charge < -0.3 is 9.64 Å². The van der Waals surface area contributed by atoms with Gasteiger partial charge in [0.15, 0.2) is 0 Å². The van der Waals surface area contributed by atoms with E-state index >= 15 is 0 Å². The van der Waals surface area contributed by atoms with Gasteiger partial charge in [-0.2, -0.15) is 0 Å². The summed E-state index contributed by atoms with van der Waals surface area (Å²) in [4.78, 5) is 40.7. The Balaban J connectivity index is 1.79. The minimum atomic E-state index is -0.489. The van der Waals surface area contributed by atoms with Crippen molar-refractivity contribution in [2.45, 2.75) is 19.8 Å². The second kappa shape index (κ2) is 8.22. The van der Waals surface area contributed by atoms with E-state index in [1.54, 1.807) is 31.4 Å². The number of nitrogens with zero attached hydrogens (tertiary/aromatic N) is 3. The van der Waals surface area contributed by atoms with Crippen molar-refractivity contribution in [3.05, 3.63) is 69.9 Å². The van der Waals surface area contributed by atoms with E-state index in [1.807, 2.05) is 4.90 Å². The molecule has 31 heavy (non-hydrogen) atoms. The van der Waals surface area contributed by atoms with Crippen LogP contribution >= 0.6 is 0 Å². The van der Waals surface area contributed by atoms with E-state index in [4.69, 9.17) is 4.74 Å². The fourth-order valence-electron chi connectivity index (χ4n) is 4.18. The van der Waals surface area contributed by atoms with Gasteiger partial charge in [-0.05, 0) is 60.7 Å². The second-order valence-electron chi connectivity index (χ2n) is 7.86. The molecule has 0 bridgehead atoms. The zero-order chi connectivity index (χ0) is 22.1. The SMILES string of the molecule is COc1ccc(N2C(=O)C(c3ccc([N+](=O)[O-])cc3)=C(N3CCCC(C)C3)C2=O)cc1. The average Bonchev–Trinajstić information content (AvgIpc) is 3.04.